The minimum atomic E-state index is -0.814. The van der Waals surface area contributed by atoms with Crippen molar-refractivity contribution in [3.05, 3.63) is 87.4 Å². The summed E-state index contributed by atoms with van der Waals surface area (Å²) in [5.74, 6) is -1.70. The molecule has 0 aliphatic carbocycles. The van der Waals surface area contributed by atoms with Crippen LogP contribution >= 0.6 is 22.9 Å². The minimum absolute atomic E-state index is 0.0197. The first kappa shape index (κ1) is 18.4. The molecule has 1 amide bonds. The van der Waals surface area contributed by atoms with Gasteiger partial charge in [0.1, 0.15) is 5.76 Å². The van der Waals surface area contributed by atoms with E-state index >= 15 is 0 Å². The van der Waals surface area contributed by atoms with E-state index in [1.54, 1.807) is 48.0 Å². The summed E-state index contributed by atoms with van der Waals surface area (Å²) >= 11 is 7.40. The Morgan fingerprint density at radius 3 is 2.57 bits per heavy atom. The van der Waals surface area contributed by atoms with Crippen molar-refractivity contribution in [2.24, 2.45) is 0 Å². The Balaban J connectivity index is 1.95. The number of benzene rings is 2. The number of halogens is 1. The van der Waals surface area contributed by atoms with Crippen LogP contribution in [0.15, 0.2) is 65.7 Å². The highest BCUT2D eigenvalue weighted by Gasteiger charge is 2.47. The van der Waals surface area contributed by atoms with Crippen LogP contribution in [0.5, 0.6) is 0 Å². The molecule has 4 rings (SSSR count). The zero-order chi connectivity index (χ0) is 19.8. The van der Waals surface area contributed by atoms with Gasteiger partial charge in [0.25, 0.3) is 5.78 Å². The number of aliphatic hydroxyl groups excluding tert-OH is 1. The number of aryl methyl sites for hydroxylation is 1. The second-order valence-electron chi connectivity index (χ2n) is 6.40. The third kappa shape index (κ3) is 3.10. The van der Waals surface area contributed by atoms with Gasteiger partial charge in [0.2, 0.25) is 0 Å². The number of nitrogens with zero attached hydrogens (tertiary/aromatic N) is 2. The van der Waals surface area contributed by atoms with Gasteiger partial charge in [0.05, 0.1) is 11.6 Å². The summed E-state index contributed by atoms with van der Waals surface area (Å²) in [6.07, 6.45) is 1.56. The number of amides is 1. The summed E-state index contributed by atoms with van der Waals surface area (Å²) in [6, 6.07) is 13.2. The number of carbonyl (C=O) groups excluding carboxylic acids is 2. The molecule has 1 saturated heterocycles. The molecule has 3 aromatic rings. The fourth-order valence-corrected chi connectivity index (χ4v) is 4.09. The summed E-state index contributed by atoms with van der Waals surface area (Å²) < 4.78 is 0. The van der Waals surface area contributed by atoms with Crippen molar-refractivity contribution in [1.29, 1.82) is 0 Å². The maximum Gasteiger partial charge on any atom is 0.301 e. The van der Waals surface area contributed by atoms with E-state index in [1.165, 1.54) is 16.2 Å². The predicted molar refractivity (Wildman–Crippen MR) is 110 cm³/mol. The van der Waals surface area contributed by atoms with Crippen LogP contribution in [-0.4, -0.2) is 21.8 Å². The van der Waals surface area contributed by atoms with Crippen LogP contribution in [0.2, 0.25) is 5.02 Å². The number of carbonyl (C=O) groups is 2. The average Bonchev–Trinajstić information content (AvgIpc) is 3.29. The highest BCUT2D eigenvalue weighted by Crippen LogP contribution is 2.43. The number of Topliss-reactive ketones (excluding diaryl/α,β-unsaturated/α-hetero) is 1. The summed E-state index contributed by atoms with van der Waals surface area (Å²) in [6.45, 7) is 1.93. The summed E-state index contributed by atoms with van der Waals surface area (Å²) in [4.78, 5) is 31.2. The Morgan fingerprint density at radius 1 is 1.18 bits per heavy atom. The fourth-order valence-electron chi connectivity index (χ4n) is 3.22. The number of thiazole rings is 1. The zero-order valence-electron chi connectivity index (χ0n) is 14.8. The Morgan fingerprint density at radius 2 is 1.93 bits per heavy atom. The normalized spacial score (nSPS) is 18.6. The van der Waals surface area contributed by atoms with Crippen LogP contribution in [0, 0.1) is 6.92 Å². The maximum atomic E-state index is 12.9. The van der Waals surface area contributed by atoms with E-state index in [4.69, 9.17) is 11.6 Å². The number of aliphatic hydroxyl groups is 1. The van der Waals surface area contributed by atoms with Gasteiger partial charge in [-0.25, -0.2) is 4.98 Å². The quantitative estimate of drug-likeness (QED) is 0.385. The van der Waals surface area contributed by atoms with E-state index < -0.39 is 17.7 Å². The molecular weight excluding hydrogens is 396 g/mol. The molecule has 5 nitrogen and oxygen atoms in total. The van der Waals surface area contributed by atoms with Gasteiger partial charge in [-0.1, -0.05) is 53.6 Å². The lowest BCUT2D eigenvalue weighted by molar-refractivity contribution is -0.132. The van der Waals surface area contributed by atoms with Crippen LogP contribution in [0.1, 0.15) is 22.7 Å². The lowest BCUT2D eigenvalue weighted by atomic mass is 9.95. The van der Waals surface area contributed by atoms with Gasteiger partial charge < -0.3 is 5.11 Å². The van der Waals surface area contributed by atoms with Crippen molar-refractivity contribution in [1.82, 2.24) is 4.98 Å². The number of aromatic nitrogens is 1. The van der Waals surface area contributed by atoms with Gasteiger partial charge in [-0.2, -0.15) is 0 Å². The molecule has 1 atom stereocenters. The van der Waals surface area contributed by atoms with Crippen molar-refractivity contribution in [2.75, 3.05) is 4.90 Å². The molecule has 1 aromatic heterocycles. The summed E-state index contributed by atoms with van der Waals surface area (Å²) in [5, 5.41) is 13.5. The van der Waals surface area contributed by atoms with Crippen LogP contribution in [0.25, 0.3) is 5.76 Å². The highest BCUT2D eigenvalue weighted by molar-refractivity contribution is 7.14. The standard InChI is InChI=1S/C21H15ClN2O3S/c1-12-5-7-13(8-6-12)18(25)16-17(14-3-2-4-15(22)11-14)24(20(27)19(16)26)21-23-9-10-28-21/h2-11,17,25H,1H3/t17-/m1/s1. The Hall–Kier alpha value is -2.96. The molecule has 1 fully saturated rings. The second-order valence-corrected chi connectivity index (χ2v) is 7.71. The van der Waals surface area contributed by atoms with Crippen LogP contribution in [0.4, 0.5) is 5.13 Å². The van der Waals surface area contributed by atoms with Crippen LogP contribution in [0.3, 0.4) is 0 Å². The van der Waals surface area contributed by atoms with Crippen molar-refractivity contribution in [2.45, 2.75) is 13.0 Å². The third-order valence-corrected chi connectivity index (χ3v) is 5.57. The topological polar surface area (TPSA) is 70.5 Å². The number of ketones is 1. The number of hydrogen-bond donors (Lipinski definition) is 1. The monoisotopic (exact) mass is 410 g/mol. The smallest absolute Gasteiger partial charge is 0.301 e. The van der Waals surface area contributed by atoms with Gasteiger partial charge in [-0.3, -0.25) is 14.5 Å². The van der Waals surface area contributed by atoms with Crippen molar-refractivity contribution < 1.29 is 14.7 Å². The summed E-state index contributed by atoms with van der Waals surface area (Å²) in [5.41, 5.74) is 2.13. The molecular formula is C21H15ClN2O3S. The summed E-state index contributed by atoms with van der Waals surface area (Å²) in [7, 11) is 0. The average molecular weight is 411 g/mol. The Bertz CT molecular complexity index is 1090. The third-order valence-electron chi connectivity index (χ3n) is 4.56. The first-order valence-electron chi connectivity index (χ1n) is 8.50. The molecule has 0 spiro atoms. The molecule has 1 aliphatic heterocycles. The molecule has 7 heteroatoms. The molecule has 0 bridgehead atoms. The second kappa shape index (κ2) is 7.22. The Labute approximate surface area is 170 Å². The number of anilines is 1. The molecule has 2 aromatic carbocycles. The first-order valence-corrected chi connectivity index (χ1v) is 9.76. The molecule has 28 heavy (non-hydrogen) atoms. The van der Waals surface area contributed by atoms with Gasteiger partial charge in [-0.05, 0) is 24.6 Å². The molecule has 2 heterocycles. The van der Waals surface area contributed by atoms with E-state index in [1.807, 2.05) is 19.1 Å². The van der Waals surface area contributed by atoms with E-state index in [0.717, 1.165) is 5.56 Å². The SMILES string of the molecule is Cc1ccc(C(O)=C2C(=O)C(=O)N(c3nccs3)[C@@H]2c2cccc(Cl)c2)cc1. The van der Waals surface area contributed by atoms with Crippen molar-refractivity contribution in [3.63, 3.8) is 0 Å². The van der Waals surface area contributed by atoms with Gasteiger partial charge >= 0.3 is 5.91 Å². The van der Waals surface area contributed by atoms with E-state index in [-0.39, 0.29) is 11.3 Å². The molecule has 1 aliphatic rings. The van der Waals surface area contributed by atoms with Crippen molar-refractivity contribution in [3.8, 4) is 0 Å². The number of rotatable bonds is 3. The van der Waals surface area contributed by atoms with Crippen LogP contribution < -0.4 is 4.90 Å². The zero-order valence-corrected chi connectivity index (χ0v) is 16.4. The largest absolute Gasteiger partial charge is 0.507 e. The maximum absolute atomic E-state index is 12.9. The lowest BCUT2D eigenvalue weighted by Crippen LogP contribution is -2.29. The van der Waals surface area contributed by atoms with Gasteiger partial charge in [0, 0.05) is 22.2 Å². The minimum Gasteiger partial charge on any atom is -0.507 e. The lowest BCUT2D eigenvalue weighted by Gasteiger charge is -2.23. The Kier molecular flexibility index (Phi) is 4.75. The van der Waals surface area contributed by atoms with Crippen LogP contribution in [-0.2, 0) is 9.59 Å². The fraction of sp³-hybridized carbons (Fsp3) is 0.0952. The highest BCUT2D eigenvalue weighted by atomic mass is 35.5. The number of hydrogen-bond acceptors (Lipinski definition) is 5. The van der Waals surface area contributed by atoms with Crippen molar-refractivity contribution >= 4 is 45.5 Å². The molecule has 0 unspecified atom stereocenters. The van der Waals surface area contributed by atoms with Gasteiger partial charge in [-0.15, -0.1) is 11.3 Å². The molecule has 0 radical (unpaired) electrons. The molecule has 140 valence electrons. The van der Waals surface area contributed by atoms with Gasteiger partial charge in [0.15, 0.2) is 5.13 Å². The predicted octanol–water partition coefficient (Wildman–Crippen LogP) is 4.73. The molecule has 1 N–H and O–H groups in total. The van der Waals surface area contributed by atoms with E-state index in [2.05, 4.69) is 4.98 Å². The van der Waals surface area contributed by atoms with E-state index in [0.29, 0.717) is 21.3 Å². The first-order chi connectivity index (χ1) is 13.5. The van der Waals surface area contributed by atoms with E-state index in [9.17, 15) is 14.7 Å². The molecule has 0 saturated carbocycles.